The van der Waals surface area contributed by atoms with Crippen LogP contribution in [0.5, 0.6) is 0 Å². The van der Waals surface area contributed by atoms with Gasteiger partial charge in [-0.3, -0.25) is 9.59 Å². The number of carbonyl (C=O) groups excluding carboxylic acids is 2. The van der Waals surface area contributed by atoms with Crippen LogP contribution in [0.1, 0.15) is 46.2 Å². The first-order valence-electron chi connectivity index (χ1n) is 9.78. The van der Waals surface area contributed by atoms with Crippen LogP contribution in [0.4, 0.5) is 23.2 Å². The lowest BCUT2D eigenvalue weighted by Gasteiger charge is -2.25. The highest BCUT2D eigenvalue weighted by Crippen LogP contribution is 2.29. The summed E-state index contributed by atoms with van der Waals surface area (Å²) in [5.74, 6) is -5.38. The number of anilines is 1. The molecule has 0 heterocycles. The minimum atomic E-state index is -1.01. The van der Waals surface area contributed by atoms with Crippen LogP contribution < -0.4 is 10.6 Å². The Balaban J connectivity index is 1.89. The predicted octanol–water partition coefficient (Wildman–Crippen LogP) is 5.62. The third-order valence-corrected chi connectivity index (χ3v) is 4.85. The molecular weight excluding hydrogens is 424 g/mol. The number of nitrogens with one attached hydrogen (secondary N) is 2. The SMILES string of the molecule is CC(C)[C@H](NC(=O)c1ccc(F)cc1F)c1ccccc1NC(=O)c1ccc(F)cc1F. The Morgan fingerprint density at radius 3 is 1.81 bits per heavy atom. The Hall–Kier alpha value is -3.68. The average molecular weight is 444 g/mol. The van der Waals surface area contributed by atoms with E-state index in [4.69, 9.17) is 0 Å². The molecule has 32 heavy (non-hydrogen) atoms. The van der Waals surface area contributed by atoms with Gasteiger partial charge in [0.05, 0.1) is 17.2 Å². The highest BCUT2D eigenvalue weighted by atomic mass is 19.1. The second kappa shape index (κ2) is 9.64. The fraction of sp³-hybridized carbons (Fsp3) is 0.167. The molecule has 0 fully saturated rings. The van der Waals surface area contributed by atoms with Crippen LogP contribution in [0.2, 0.25) is 0 Å². The molecule has 2 N–H and O–H groups in total. The molecule has 0 aliphatic carbocycles. The summed E-state index contributed by atoms with van der Waals surface area (Å²) in [4.78, 5) is 25.2. The quantitative estimate of drug-likeness (QED) is 0.485. The summed E-state index contributed by atoms with van der Waals surface area (Å²) < 4.78 is 54.4. The van der Waals surface area contributed by atoms with E-state index < -0.39 is 41.1 Å². The second-order valence-electron chi connectivity index (χ2n) is 7.48. The lowest BCUT2D eigenvalue weighted by molar-refractivity contribution is 0.0921. The molecule has 3 rings (SSSR count). The van der Waals surface area contributed by atoms with Crippen molar-refractivity contribution in [1.82, 2.24) is 5.32 Å². The minimum absolute atomic E-state index is 0.192. The van der Waals surface area contributed by atoms with Crippen molar-refractivity contribution < 1.29 is 27.2 Å². The number of halogens is 4. The van der Waals surface area contributed by atoms with Gasteiger partial charge in [0.1, 0.15) is 23.3 Å². The molecule has 0 saturated heterocycles. The fourth-order valence-corrected chi connectivity index (χ4v) is 3.24. The molecule has 0 aliphatic heterocycles. The van der Waals surface area contributed by atoms with Crippen molar-refractivity contribution in [3.05, 3.63) is 101 Å². The van der Waals surface area contributed by atoms with E-state index in [9.17, 15) is 27.2 Å². The van der Waals surface area contributed by atoms with E-state index in [2.05, 4.69) is 10.6 Å². The first-order chi connectivity index (χ1) is 15.2. The van der Waals surface area contributed by atoms with Crippen LogP contribution in [0, 0.1) is 29.2 Å². The molecule has 4 nitrogen and oxygen atoms in total. The molecule has 1 atom stereocenters. The van der Waals surface area contributed by atoms with Crippen LogP contribution in [0.15, 0.2) is 60.7 Å². The van der Waals surface area contributed by atoms with E-state index in [1.54, 1.807) is 24.3 Å². The van der Waals surface area contributed by atoms with E-state index >= 15 is 0 Å². The van der Waals surface area contributed by atoms with E-state index in [0.717, 1.165) is 24.3 Å². The van der Waals surface area contributed by atoms with Crippen LogP contribution in [-0.4, -0.2) is 11.8 Å². The van der Waals surface area contributed by atoms with Gasteiger partial charge in [0.25, 0.3) is 11.8 Å². The zero-order valence-electron chi connectivity index (χ0n) is 17.3. The van der Waals surface area contributed by atoms with Gasteiger partial charge in [0.2, 0.25) is 0 Å². The lowest BCUT2D eigenvalue weighted by atomic mass is 9.94. The van der Waals surface area contributed by atoms with E-state index in [1.165, 1.54) is 0 Å². The molecule has 2 amide bonds. The largest absolute Gasteiger partial charge is 0.345 e. The highest BCUT2D eigenvalue weighted by molar-refractivity contribution is 6.05. The Labute approximate surface area is 182 Å². The van der Waals surface area contributed by atoms with Crippen LogP contribution in [0.3, 0.4) is 0 Å². The standard InChI is InChI=1S/C24H20F4N2O2/c1-13(2)22(30-24(32)17-10-8-15(26)12-20(17)28)18-5-3-4-6-21(18)29-23(31)16-9-7-14(25)11-19(16)27/h3-13,22H,1-2H3,(H,29,31)(H,30,32)/t22-/m0/s1. The third-order valence-electron chi connectivity index (χ3n) is 4.85. The summed E-state index contributed by atoms with van der Waals surface area (Å²) in [6.45, 7) is 3.62. The molecule has 0 aromatic heterocycles. The summed E-state index contributed by atoms with van der Waals surface area (Å²) >= 11 is 0. The Kier molecular flexibility index (Phi) is 6.92. The summed E-state index contributed by atoms with van der Waals surface area (Å²) in [5.41, 5.74) is 0.112. The van der Waals surface area contributed by atoms with E-state index in [-0.39, 0.29) is 17.0 Å². The highest BCUT2D eigenvalue weighted by Gasteiger charge is 2.24. The van der Waals surface area contributed by atoms with Gasteiger partial charge in [-0.1, -0.05) is 32.0 Å². The molecule has 166 valence electrons. The monoisotopic (exact) mass is 444 g/mol. The van der Waals surface area contributed by atoms with Crippen molar-refractivity contribution in [2.75, 3.05) is 5.32 Å². The van der Waals surface area contributed by atoms with Gasteiger partial charge >= 0.3 is 0 Å². The van der Waals surface area contributed by atoms with Gasteiger partial charge in [0, 0.05) is 17.8 Å². The van der Waals surface area contributed by atoms with Gasteiger partial charge in [-0.2, -0.15) is 0 Å². The first-order valence-corrected chi connectivity index (χ1v) is 9.78. The number of carbonyl (C=O) groups is 2. The number of benzene rings is 3. The van der Waals surface area contributed by atoms with Gasteiger partial charge in [-0.25, -0.2) is 17.6 Å². The molecular formula is C24H20F4N2O2. The molecule has 0 bridgehead atoms. The first kappa shape index (κ1) is 23.0. The zero-order valence-corrected chi connectivity index (χ0v) is 17.3. The zero-order chi connectivity index (χ0) is 23.4. The van der Waals surface area contributed by atoms with Crippen molar-refractivity contribution in [3.8, 4) is 0 Å². The number of para-hydroxylation sites is 1. The number of rotatable bonds is 6. The van der Waals surface area contributed by atoms with Gasteiger partial charge in [-0.15, -0.1) is 0 Å². The third kappa shape index (κ3) is 5.14. The molecule has 3 aromatic carbocycles. The van der Waals surface area contributed by atoms with Crippen molar-refractivity contribution >= 4 is 17.5 Å². The summed E-state index contributed by atoms with van der Waals surface area (Å²) in [6.07, 6.45) is 0. The van der Waals surface area contributed by atoms with Crippen LogP contribution >= 0.6 is 0 Å². The number of hydrogen-bond donors (Lipinski definition) is 2. The molecule has 0 unspecified atom stereocenters. The molecule has 0 spiro atoms. The van der Waals surface area contributed by atoms with Crippen LogP contribution in [0.25, 0.3) is 0 Å². The lowest BCUT2D eigenvalue weighted by Crippen LogP contribution is -2.33. The maximum Gasteiger partial charge on any atom is 0.258 e. The van der Waals surface area contributed by atoms with E-state index in [1.807, 2.05) is 13.8 Å². The van der Waals surface area contributed by atoms with Crippen molar-refractivity contribution in [2.45, 2.75) is 19.9 Å². The molecule has 0 radical (unpaired) electrons. The fourth-order valence-electron chi connectivity index (χ4n) is 3.24. The Bertz CT molecular complexity index is 1160. The maximum atomic E-state index is 14.0. The van der Waals surface area contributed by atoms with Gasteiger partial charge in [0.15, 0.2) is 0 Å². The molecule has 8 heteroatoms. The summed E-state index contributed by atoms with van der Waals surface area (Å²) in [6, 6.07) is 11.1. The maximum absolute atomic E-state index is 14.0. The summed E-state index contributed by atoms with van der Waals surface area (Å²) in [7, 11) is 0. The van der Waals surface area contributed by atoms with Crippen molar-refractivity contribution in [2.24, 2.45) is 5.92 Å². The number of amides is 2. The van der Waals surface area contributed by atoms with Crippen molar-refractivity contribution in [3.63, 3.8) is 0 Å². The Morgan fingerprint density at radius 2 is 1.28 bits per heavy atom. The molecule has 3 aromatic rings. The topological polar surface area (TPSA) is 58.2 Å². The van der Waals surface area contributed by atoms with Gasteiger partial charge < -0.3 is 10.6 Å². The molecule has 0 saturated carbocycles. The predicted molar refractivity (Wildman–Crippen MR) is 112 cm³/mol. The number of hydrogen-bond acceptors (Lipinski definition) is 2. The van der Waals surface area contributed by atoms with E-state index in [0.29, 0.717) is 23.4 Å². The second-order valence-corrected chi connectivity index (χ2v) is 7.48. The smallest absolute Gasteiger partial charge is 0.258 e. The summed E-state index contributed by atoms with van der Waals surface area (Å²) in [5, 5.41) is 5.28. The minimum Gasteiger partial charge on any atom is -0.345 e. The van der Waals surface area contributed by atoms with Crippen molar-refractivity contribution in [1.29, 1.82) is 0 Å². The van der Waals surface area contributed by atoms with Gasteiger partial charge in [-0.05, 0) is 41.8 Å². The molecule has 0 aliphatic rings. The Morgan fingerprint density at radius 1 is 0.750 bits per heavy atom. The van der Waals surface area contributed by atoms with Crippen LogP contribution in [-0.2, 0) is 0 Å². The normalized spacial score (nSPS) is 11.8. The average Bonchev–Trinajstić information content (AvgIpc) is 2.72.